The zero-order chi connectivity index (χ0) is 21.3. The SMILES string of the molecule is O=c1c2cc(I)ccc2nc(/C=C/c2ccc([N+](=O)[O-])cc2)n1-c1ccccc1Cl. The van der Waals surface area contributed by atoms with Crippen molar-refractivity contribution in [2.45, 2.75) is 0 Å². The highest BCUT2D eigenvalue weighted by molar-refractivity contribution is 14.1. The van der Waals surface area contributed by atoms with Crippen LogP contribution >= 0.6 is 34.2 Å². The predicted octanol–water partition coefficient (Wildman–Crippen LogP) is 5.72. The van der Waals surface area contributed by atoms with Gasteiger partial charge < -0.3 is 0 Å². The Bertz CT molecular complexity index is 1360. The maximum Gasteiger partial charge on any atom is 0.269 e. The Morgan fingerprint density at radius 2 is 1.77 bits per heavy atom. The van der Waals surface area contributed by atoms with Gasteiger partial charge in [-0.3, -0.25) is 19.5 Å². The lowest BCUT2D eigenvalue weighted by atomic mass is 10.2. The van der Waals surface area contributed by atoms with Gasteiger partial charge in [-0.15, -0.1) is 0 Å². The van der Waals surface area contributed by atoms with Gasteiger partial charge in [0.2, 0.25) is 0 Å². The molecular formula is C22H13ClIN3O3. The van der Waals surface area contributed by atoms with E-state index >= 15 is 0 Å². The third-order valence-electron chi connectivity index (χ3n) is 4.48. The van der Waals surface area contributed by atoms with Crippen LogP contribution in [0.1, 0.15) is 11.4 Å². The minimum atomic E-state index is -0.450. The van der Waals surface area contributed by atoms with Crippen LogP contribution in [-0.2, 0) is 0 Å². The fourth-order valence-corrected chi connectivity index (χ4v) is 3.74. The quantitative estimate of drug-likeness (QED) is 0.192. The third-order valence-corrected chi connectivity index (χ3v) is 5.47. The molecule has 0 saturated heterocycles. The Morgan fingerprint density at radius 3 is 2.47 bits per heavy atom. The number of nitrogens with zero attached hydrogens (tertiary/aromatic N) is 3. The zero-order valence-electron chi connectivity index (χ0n) is 15.3. The van der Waals surface area contributed by atoms with E-state index in [1.165, 1.54) is 16.7 Å². The summed E-state index contributed by atoms with van der Waals surface area (Å²) < 4.78 is 2.40. The highest BCUT2D eigenvalue weighted by atomic mass is 127. The Balaban J connectivity index is 1.90. The van der Waals surface area contributed by atoms with Crippen LogP contribution in [0.5, 0.6) is 0 Å². The number of hydrogen-bond acceptors (Lipinski definition) is 4. The van der Waals surface area contributed by atoms with Crippen LogP contribution in [-0.4, -0.2) is 14.5 Å². The second-order valence-electron chi connectivity index (χ2n) is 6.41. The predicted molar refractivity (Wildman–Crippen MR) is 127 cm³/mol. The molecule has 6 nitrogen and oxygen atoms in total. The van der Waals surface area contributed by atoms with Crippen LogP contribution in [0, 0.1) is 13.7 Å². The maximum atomic E-state index is 13.3. The van der Waals surface area contributed by atoms with Crippen molar-refractivity contribution in [1.82, 2.24) is 9.55 Å². The second-order valence-corrected chi connectivity index (χ2v) is 8.06. The molecule has 4 rings (SSSR count). The lowest BCUT2D eigenvalue weighted by molar-refractivity contribution is -0.384. The maximum absolute atomic E-state index is 13.3. The molecule has 30 heavy (non-hydrogen) atoms. The number of rotatable bonds is 4. The molecule has 1 aromatic heterocycles. The standard InChI is InChI=1S/C22H13ClIN3O3/c23-18-3-1-2-4-20(18)26-21(12-7-14-5-9-16(10-6-14)27(29)30)25-19-11-8-15(24)13-17(19)22(26)28/h1-13H/b12-7+. The molecule has 0 atom stereocenters. The average Bonchev–Trinajstić information content (AvgIpc) is 2.74. The van der Waals surface area contributed by atoms with Gasteiger partial charge in [-0.2, -0.15) is 0 Å². The van der Waals surface area contributed by atoms with Crippen LogP contribution in [0.4, 0.5) is 5.69 Å². The van der Waals surface area contributed by atoms with Gasteiger partial charge in [0.25, 0.3) is 11.2 Å². The molecule has 0 fully saturated rings. The Kier molecular flexibility index (Phi) is 5.65. The lowest BCUT2D eigenvalue weighted by Crippen LogP contribution is -2.22. The number of fused-ring (bicyclic) bond motifs is 1. The van der Waals surface area contributed by atoms with Gasteiger partial charge in [0.15, 0.2) is 0 Å². The Morgan fingerprint density at radius 1 is 1.03 bits per heavy atom. The summed E-state index contributed by atoms with van der Waals surface area (Å²) in [5.74, 6) is 0.403. The second kappa shape index (κ2) is 8.37. The first-order chi connectivity index (χ1) is 14.4. The van der Waals surface area contributed by atoms with Crippen molar-refractivity contribution in [3.05, 3.63) is 107 Å². The number of aromatic nitrogens is 2. The first-order valence-electron chi connectivity index (χ1n) is 8.84. The van der Waals surface area contributed by atoms with Gasteiger partial charge in [-0.05, 0) is 76.7 Å². The molecule has 4 aromatic rings. The summed E-state index contributed by atoms with van der Waals surface area (Å²) in [4.78, 5) is 28.4. The van der Waals surface area contributed by atoms with Crippen molar-refractivity contribution >= 4 is 62.9 Å². The summed E-state index contributed by atoms with van der Waals surface area (Å²) >= 11 is 8.53. The number of nitro groups is 1. The first kappa shape index (κ1) is 20.2. The van der Waals surface area contributed by atoms with Crippen molar-refractivity contribution < 1.29 is 4.92 Å². The highest BCUT2D eigenvalue weighted by Crippen LogP contribution is 2.23. The molecule has 1 heterocycles. The van der Waals surface area contributed by atoms with Gasteiger partial charge in [-0.25, -0.2) is 4.98 Å². The summed E-state index contributed by atoms with van der Waals surface area (Å²) in [6.07, 6.45) is 3.45. The molecule has 0 unspecified atom stereocenters. The monoisotopic (exact) mass is 529 g/mol. The smallest absolute Gasteiger partial charge is 0.268 e. The van der Waals surface area contributed by atoms with Gasteiger partial charge in [0.05, 0.1) is 26.5 Å². The molecule has 0 aliphatic heterocycles. The molecule has 0 amide bonds. The van der Waals surface area contributed by atoms with Crippen LogP contribution < -0.4 is 5.56 Å². The number of halogens is 2. The van der Waals surface area contributed by atoms with Crippen molar-refractivity contribution in [3.8, 4) is 5.69 Å². The zero-order valence-corrected chi connectivity index (χ0v) is 18.2. The number of para-hydroxylation sites is 1. The molecule has 3 aromatic carbocycles. The summed E-state index contributed by atoms with van der Waals surface area (Å²) in [5, 5.41) is 11.8. The Labute approximate surface area is 189 Å². The molecule has 0 spiro atoms. The van der Waals surface area contributed by atoms with Gasteiger partial charge in [-0.1, -0.05) is 29.8 Å². The molecule has 0 saturated carbocycles. The number of benzene rings is 3. The van der Waals surface area contributed by atoms with E-state index < -0.39 is 4.92 Å². The summed E-state index contributed by atoms with van der Waals surface area (Å²) in [6, 6.07) is 18.7. The molecule has 0 aliphatic carbocycles. The largest absolute Gasteiger partial charge is 0.269 e. The van der Waals surface area contributed by atoms with E-state index in [4.69, 9.17) is 11.6 Å². The topological polar surface area (TPSA) is 78.0 Å². The molecule has 0 bridgehead atoms. The van der Waals surface area contributed by atoms with E-state index in [2.05, 4.69) is 27.6 Å². The summed E-state index contributed by atoms with van der Waals surface area (Å²) in [6.45, 7) is 0. The van der Waals surface area contributed by atoms with Crippen LogP contribution in [0.25, 0.3) is 28.7 Å². The van der Waals surface area contributed by atoms with Crippen LogP contribution in [0.15, 0.2) is 71.5 Å². The van der Waals surface area contributed by atoms with Gasteiger partial charge in [0.1, 0.15) is 5.82 Å². The summed E-state index contributed by atoms with van der Waals surface area (Å²) in [5.41, 5.74) is 1.63. The van der Waals surface area contributed by atoms with Crippen molar-refractivity contribution in [2.75, 3.05) is 0 Å². The van der Waals surface area contributed by atoms with Crippen LogP contribution in [0.3, 0.4) is 0 Å². The molecule has 148 valence electrons. The third kappa shape index (κ3) is 3.99. The van der Waals surface area contributed by atoms with E-state index in [1.54, 1.807) is 60.7 Å². The van der Waals surface area contributed by atoms with E-state index in [9.17, 15) is 14.9 Å². The van der Waals surface area contributed by atoms with Crippen molar-refractivity contribution in [3.63, 3.8) is 0 Å². The number of hydrogen-bond donors (Lipinski definition) is 0. The van der Waals surface area contributed by atoms with Gasteiger partial charge >= 0.3 is 0 Å². The minimum Gasteiger partial charge on any atom is -0.268 e. The normalized spacial score (nSPS) is 11.3. The molecule has 8 heteroatoms. The van der Waals surface area contributed by atoms with Crippen molar-refractivity contribution in [1.29, 1.82) is 0 Å². The van der Waals surface area contributed by atoms with E-state index in [0.717, 1.165) is 9.13 Å². The number of non-ortho nitro benzene ring substituents is 1. The summed E-state index contributed by atoms with van der Waals surface area (Å²) in [7, 11) is 0. The average molecular weight is 530 g/mol. The Hall–Kier alpha value is -3.04. The van der Waals surface area contributed by atoms with Gasteiger partial charge in [0, 0.05) is 15.7 Å². The highest BCUT2D eigenvalue weighted by Gasteiger charge is 2.14. The molecule has 0 N–H and O–H groups in total. The fourth-order valence-electron chi connectivity index (χ4n) is 3.03. The lowest BCUT2D eigenvalue weighted by Gasteiger charge is -2.13. The van der Waals surface area contributed by atoms with E-state index in [-0.39, 0.29) is 11.2 Å². The molecule has 0 aliphatic rings. The van der Waals surface area contributed by atoms with E-state index in [1.807, 2.05) is 6.07 Å². The molecule has 0 radical (unpaired) electrons. The van der Waals surface area contributed by atoms with E-state index in [0.29, 0.717) is 27.4 Å². The number of nitro benzene ring substituents is 1. The first-order valence-corrected chi connectivity index (χ1v) is 10.3. The molecular weight excluding hydrogens is 517 g/mol. The van der Waals surface area contributed by atoms with Crippen LogP contribution in [0.2, 0.25) is 5.02 Å². The fraction of sp³-hybridized carbons (Fsp3) is 0. The minimum absolute atomic E-state index is 0.0126. The van der Waals surface area contributed by atoms with Crippen molar-refractivity contribution in [2.24, 2.45) is 0 Å².